The normalized spacial score (nSPS) is 12.4. The number of benzene rings is 2. The first-order chi connectivity index (χ1) is 9.51. The molecule has 0 bridgehead atoms. The van der Waals surface area contributed by atoms with E-state index >= 15 is 0 Å². The molecule has 0 amide bonds. The second-order valence-corrected chi connectivity index (χ2v) is 5.56. The summed E-state index contributed by atoms with van der Waals surface area (Å²) >= 11 is 5.85. The lowest BCUT2D eigenvalue weighted by Gasteiger charge is -2.20. The molecule has 0 fully saturated rings. The van der Waals surface area contributed by atoms with Gasteiger partial charge in [0.1, 0.15) is 5.82 Å². The van der Waals surface area contributed by atoms with Crippen LogP contribution in [0.25, 0.3) is 0 Å². The summed E-state index contributed by atoms with van der Waals surface area (Å²) in [6.07, 6.45) is 0.779. The largest absolute Gasteiger partial charge is 0.313 e. The van der Waals surface area contributed by atoms with Gasteiger partial charge in [-0.2, -0.15) is 0 Å². The van der Waals surface area contributed by atoms with Crippen LogP contribution in [-0.4, -0.2) is 7.05 Å². The van der Waals surface area contributed by atoms with E-state index in [9.17, 15) is 4.39 Å². The lowest BCUT2D eigenvalue weighted by atomic mass is 9.94. The monoisotopic (exact) mass is 291 g/mol. The summed E-state index contributed by atoms with van der Waals surface area (Å²) in [6, 6.07) is 11.5. The summed E-state index contributed by atoms with van der Waals surface area (Å²) in [5, 5.41) is 3.51. The van der Waals surface area contributed by atoms with Crippen LogP contribution in [0.4, 0.5) is 4.39 Å². The minimum absolute atomic E-state index is 0.179. The van der Waals surface area contributed by atoms with E-state index in [1.54, 1.807) is 12.1 Å². The molecule has 0 saturated carbocycles. The van der Waals surface area contributed by atoms with Crippen molar-refractivity contribution in [2.24, 2.45) is 0 Å². The summed E-state index contributed by atoms with van der Waals surface area (Å²) in [5.41, 5.74) is 4.79. The van der Waals surface area contributed by atoms with Crippen LogP contribution in [0.1, 0.15) is 28.3 Å². The van der Waals surface area contributed by atoms with E-state index in [1.165, 1.54) is 22.8 Å². The van der Waals surface area contributed by atoms with Crippen LogP contribution in [0.3, 0.4) is 0 Å². The van der Waals surface area contributed by atoms with E-state index in [4.69, 9.17) is 11.6 Å². The van der Waals surface area contributed by atoms with Crippen LogP contribution < -0.4 is 5.32 Å². The van der Waals surface area contributed by atoms with Gasteiger partial charge in [0, 0.05) is 6.04 Å². The van der Waals surface area contributed by atoms with Gasteiger partial charge in [0.05, 0.1) is 5.02 Å². The first kappa shape index (κ1) is 15.0. The lowest BCUT2D eigenvalue weighted by Crippen LogP contribution is -2.20. The van der Waals surface area contributed by atoms with Gasteiger partial charge in [-0.05, 0) is 56.1 Å². The number of nitrogens with one attached hydrogen (secondary N) is 1. The van der Waals surface area contributed by atoms with Gasteiger partial charge in [-0.3, -0.25) is 0 Å². The maximum absolute atomic E-state index is 13.2. The van der Waals surface area contributed by atoms with E-state index in [2.05, 4.69) is 37.4 Å². The van der Waals surface area contributed by atoms with Crippen molar-refractivity contribution in [3.63, 3.8) is 0 Å². The summed E-state index contributed by atoms with van der Waals surface area (Å²) in [5.74, 6) is -0.372. The van der Waals surface area contributed by atoms with Crippen molar-refractivity contribution >= 4 is 11.6 Å². The molecule has 0 aliphatic heterocycles. The highest BCUT2D eigenvalue weighted by Crippen LogP contribution is 2.24. The van der Waals surface area contributed by atoms with Gasteiger partial charge in [-0.25, -0.2) is 4.39 Å². The molecule has 2 aromatic rings. The Bertz CT molecular complexity index is 610. The summed E-state index contributed by atoms with van der Waals surface area (Å²) in [7, 11) is 1.94. The molecule has 3 heteroatoms. The minimum Gasteiger partial charge on any atom is -0.313 e. The topological polar surface area (TPSA) is 12.0 Å². The zero-order chi connectivity index (χ0) is 14.7. The van der Waals surface area contributed by atoms with Gasteiger partial charge >= 0.3 is 0 Å². The maximum atomic E-state index is 13.2. The number of aryl methyl sites for hydroxylation is 2. The standard InChI is InChI=1S/C17H19ClFN/c1-11-4-5-12(2)14(8-11)17(20-3)10-13-6-7-16(19)15(18)9-13/h4-9,17,20H,10H2,1-3H3. The molecule has 1 atom stereocenters. The molecule has 106 valence electrons. The average molecular weight is 292 g/mol. The quantitative estimate of drug-likeness (QED) is 0.868. The van der Waals surface area contributed by atoms with Crippen LogP contribution >= 0.6 is 11.6 Å². The molecule has 0 aliphatic carbocycles. The van der Waals surface area contributed by atoms with Crippen molar-refractivity contribution in [3.8, 4) is 0 Å². The third kappa shape index (κ3) is 3.38. The molecular weight excluding hydrogens is 273 g/mol. The van der Waals surface area contributed by atoms with E-state index in [1.807, 2.05) is 7.05 Å². The van der Waals surface area contributed by atoms with Crippen LogP contribution in [0.2, 0.25) is 5.02 Å². The van der Waals surface area contributed by atoms with Crippen LogP contribution in [0, 0.1) is 19.7 Å². The molecular formula is C17H19ClFN. The fourth-order valence-corrected chi connectivity index (χ4v) is 2.61. The Morgan fingerprint density at radius 1 is 1.15 bits per heavy atom. The van der Waals surface area contributed by atoms with E-state index < -0.39 is 0 Å². The van der Waals surface area contributed by atoms with Gasteiger partial charge < -0.3 is 5.32 Å². The van der Waals surface area contributed by atoms with Crippen molar-refractivity contribution in [3.05, 3.63) is 69.5 Å². The van der Waals surface area contributed by atoms with E-state index in [0.29, 0.717) is 0 Å². The van der Waals surface area contributed by atoms with Crippen LogP contribution in [0.15, 0.2) is 36.4 Å². The third-order valence-corrected chi connectivity index (χ3v) is 3.87. The Morgan fingerprint density at radius 3 is 2.55 bits per heavy atom. The lowest BCUT2D eigenvalue weighted by molar-refractivity contribution is 0.586. The highest BCUT2D eigenvalue weighted by Gasteiger charge is 2.13. The zero-order valence-corrected chi connectivity index (χ0v) is 12.8. The predicted octanol–water partition coefficient (Wildman–Crippen LogP) is 4.60. The summed E-state index contributed by atoms with van der Waals surface area (Å²) in [6.45, 7) is 4.20. The number of likely N-dealkylation sites (N-methyl/N-ethyl adjacent to an activating group) is 1. The van der Waals surface area contributed by atoms with Gasteiger partial charge in [-0.1, -0.05) is 41.4 Å². The average Bonchev–Trinajstić information content (AvgIpc) is 2.43. The van der Waals surface area contributed by atoms with Gasteiger partial charge in [0.25, 0.3) is 0 Å². The van der Waals surface area contributed by atoms with Crippen LogP contribution in [0.5, 0.6) is 0 Å². The Balaban J connectivity index is 2.28. The molecule has 0 radical (unpaired) electrons. The molecule has 0 heterocycles. The van der Waals surface area contributed by atoms with E-state index in [0.717, 1.165) is 12.0 Å². The number of hydrogen-bond donors (Lipinski definition) is 1. The molecule has 20 heavy (non-hydrogen) atoms. The second kappa shape index (κ2) is 6.38. The van der Waals surface area contributed by atoms with Crippen molar-refractivity contribution in [1.82, 2.24) is 5.32 Å². The molecule has 2 rings (SSSR count). The first-order valence-corrected chi connectivity index (χ1v) is 7.07. The molecule has 1 unspecified atom stereocenters. The van der Waals surface area contributed by atoms with Gasteiger partial charge in [-0.15, -0.1) is 0 Å². The molecule has 0 aliphatic rings. The Hall–Kier alpha value is -1.38. The predicted molar refractivity (Wildman–Crippen MR) is 82.8 cm³/mol. The number of halogens is 2. The Kier molecular flexibility index (Phi) is 4.79. The fraction of sp³-hybridized carbons (Fsp3) is 0.294. The third-order valence-electron chi connectivity index (χ3n) is 3.58. The molecule has 0 saturated heterocycles. The molecule has 0 spiro atoms. The number of rotatable bonds is 4. The van der Waals surface area contributed by atoms with Crippen LogP contribution in [-0.2, 0) is 6.42 Å². The second-order valence-electron chi connectivity index (χ2n) is 5.15. The van der Waals surface area contributed by atoms with Crippen molar-refractivity contribution in [1.29, 1.82) is 0 Å². The number of hydrogen-bond acceptors (Lipinski definition) is 1. The Labute approximate surface area is 124 Å². The maximum Gasteiger partial charge on any atom is 0.141 e. The van der Waals surface area contributed by atoms with Crippen molar-refractivity contribution < 1.29 is 4.39 Å². The Morgan fingerprint density at radius 2 is 1.90 bits per heavy atom. The SMILES string of the molecule is CNC(Cc1ccc(F)c(Cl)c1)c1cc(C)ccc1C. The first-order valence-electron chi connectivity index (χ1n) is 6.69. The highest BCUT2D eigenvalue weighted by atomic mass is 35.5. The summed E-state index contributed by atoms with van der Waals surface area (Å²) in [4.78, 5) is 0. The molecule has 1 nitrogen and oxygen atoms in total. The van der Waals surface area contributed by atoms with Crippen molar-refractivity contribution in [2.45, 2.75) is 26.3 Å². The fourth-order valence-electron chi connectivity index (χ4n) is 2.41. The van der Waals surface area contributed by atoms with Gasteiger partial charge in [0.15, 0.2) is 0 Å². The zero-order valence-electron chi connectivity index (χ0n) is 12.0. The van der Waals surface area contributed by atoms with E-state index in [-0.39, 0.29) is 16.9 Å². The van der Waals surface area contributed by atoms with Crippen molar-refractivity contribution in [2.75, 3.05) is 7.05 Å². The summed E-state index contributed by atoms with van der Waals surface area (Å²) < 4.78 is 13.2. The minimum atomic E-state index is -0.372. The molecule has 0 aromatic heterocycles. The van der Waals surface area contributed by atoms with Gasteiger partial charge in [0.2, 0.25) is 0 Å². The smallest absolute Gasteiger partial charge is 0.141 e. The molecule has 1 N–H and O–H groups in total. The molecule has 2 aromatic carbocycles. The highest BCUT2D eigenvalue weighted by molar-refractivity contribution is 6.30.